The fourth-order valence-corrected chi connectivity index (χ4v) is 5.02. The number of nitrogens with zero attached hydrogens (tertiary/aromatic N) is 2. The quantitative estimate of drug-likeness (QED) is 0.488. The zero-order valence-electron chi connectivity index (χ0n) is 16.5. The van der Waals surface area contributed by atoms with Gasteiger partial charge in [-0.15, -0.1) is 0 Å². The van der Waals surface area contributed by atoms with E-state index >= 15 is 0 Å². The lowest BCUT2D eigenvalue weighted by Crippen LogP contribution is -2.06. The number of hydrogen-bond donors (Lipinski definition) is 1. The van der Waals surface area contributed by atoms with E-state index < -0.39 is 0 Å². The molecule has 2 aliphatic carbocycles. The highest BCUT2D eigenvalue weighted by Gasteiger charge is 2.29. The molecule has 144 valence electrons. The third kappa shape index (κ3) is 2.15. The maximum absolute atomic E-state index is 5.85. The van der Waals surface area contributed by atoms with Crippen LogP contribution in [-0.2, 0) is 22.3 Å². The molecular formula is C24H21N3O2. The fraction of sp³-hybridized carbons (Fsp3) is 0.250. The van der Waals surface area contributed by atoms with Gasteiger partial charge in [-0.25, -0.2) is 4.98 Å². The van der Waals surface area contributed by atoms with Crippen molar-refractivity contribution in [2.75, 3.05) is 14.2 Å². The number of ether oxygens (including phenoxy) is 2. The van der Waals surface area contributed by atoms with E-state index in [2.05, 4.69) is 35.4 Å². The number of aromatic nitrogens is 3. The number of H-pyrrole nitrogens is 1. The summed E-state index contributed by atoms with van der Waals surface area (Å²) in [5.41, 5.74) is 7.62. The molecule has 2 aliphatic rings. The second kappa shape index (κ2) is 6.08. The lowest BCUT2D eigenvalue weighted by atomic mass is 9.85. The average Bonchev–Trinajstić information content (AvgIpc) is 3.18. The molecule has 4 aromatic rings. The van der Waals surface area contributed by atoms with Gasteiger partial charge in [0.15, 0.2) is 0 Å². The molecule has 0 spiro atoms. The number of rotatable bonds is 2. The molecule has 0 saturated heterocycles. The first kappa shape index (κ1) is 16.6. The molecule has 5 nitrogen and oxygen atoms in total. The summed E-state index contributed by atoms with van der Waals surface area (Å²) in [6, 6.07) is 8.31. The van der Waals surface area contributed by atoms with E-state index in [0.29, 0.717) is 0 Å². The summed E-state index contributed by atoms with van der Waals surface area (Å²) in [6.45, 7) is 0. The summed E-state index contributed by atoms with van der Waals surface area (Å²) in [7, 11) is 3.48. The second-order valence-electron chi connectivity index (χ2n) is 7.63. The van der Waals surface area contributed by atoms with Gasteiger partial charge < -0.3 is 9.47 Å². The van der Waals surface area contributed by atoms with Crippen molar-refractivity contribution >= 4 is 44.2 Å². The molecule has 0 amide bonds. The maximum atomic E-state index is 5.85. The number of methoxy groups -OCH3 is 2. The number of hydrogen-bond acceptors (Lipinski definition) is 4. The maximum Gasteiger partial charge on any atom is 0.140 e. The molecule has 0 atom stereocenters. The van der Waals surface area contributed by atoms with Crippen molar-refractivity contribution in [3.05, 3.63) is 58.8 Å². The highest BCUT2D eigenvalue weighted by atomic mass is 16.5. The van der Waals surface area contributed by atoms with Crippen LogP contribution in [0.3, 0.4) is 0 Å². The zero-order chi connectivity index (χ0) is 19.5. The minimum Gasteiger partial charge on any atom is -0.496 e. The molecule has 2 aromatic heterocycles. The molecule has 0 bridgehead atoms. The van der Waals surface area contributed by atoms with Crippen molar-refractivity contribution in [2.24, 2.45) is 0 Å². The van der Waals surface area contributed by atoms with Gasteiger partial charge in [-0.1, -0.05) is 18.2 Å². The minimum atomic E-state index is 0.868. The van der Waals surface area contributed by atoms with Gasteiger partial charge in [0.1, 0.15) is 22.7 Å². The van der Waals surface area contributed by atoms with Crippen LogP contribution in [0.2, 0.25) is 0 Å². The SMILES string of the molecule is COC1=CCCc2c1nc1c2c2c(c3c4ccccc4[nH]nc13)C(OC)=CCC2. The molecule has 0 fully saturated rings. The number of aromatic amines is 1. The van der Waals surface area contributed by atoms with Gasteiger partial charge in [0, 0.05) is 21.7 Å². The molecule has 5 heteroatoms. The van der Waals surface area contributed by atoms with E-state index in [4.69, 9.17) is 19.6 Å². The van der Waals surface area contributed by atoms with Gasteiger partial charge >= 0.3 is 0 Å². The highest BCUT2D eigenvalue weighted by molar-refractivity contribution is 6.20. The number of nitrogens with one attached hydrogen (secondary N) is 1. The molecular weight excluding hydrogens is 362 g/mol. The van der Waals surface area contributed by atoms with Crippen molar-refractivity contribution < 1.29 is 9.47 Å². The lowest BCUT2D eigenvalue weighted by molar-refractivity contribution is 0.365. The largest absolute Gasteiger partial charge is 0.496 e. The smallest absolute Gasteiger partial charge is 0.140 e. The topological polar surface area (TPSA) is 60.0 Å². The van der Waals surface area contributed by atoms with Gasteiger partial charge in [-0.3, -0.25) is 5.10 Å². The van der Waals surface area contributed by atoms with Crippen LogP contribution in [0.15, 0.2) is 36.4 Å². The molecule has 29 heavy (non-hydrogen) atoms. The van der Waals surface area contributed by atoms with E-state index in [1.54, 1.807) is 14.2 Å². The zero-order valence-corrected chi connectivity index (χ0v) is 16.5. The Morgan fingerprint density at radius 3 is 2.45 bits per heavy atom. The molecule has 0 aliphatic heterocycles. The Bertz CT molecular complexity index is 1380. The third-order valence-electron chi connectivity index (χ3n) is 6.22. The Labute approximate surface area is 168 Å². The van der Waals surface area contributed by atoms with Crippen molar-refractivity contribution in [3.8, 4) is 0 Å². The Morgan fingerprint density at radius 1 is 0.862 bits per heavy atom. The number of aryl methyl sites for hydroxylation is 2. The molecule has 2 aromatic carbocycles. The van der Waals surface area contributed by atoms with Crippen molar-refractivity contribution in [3.63, 3.8) is 0 Å². The van der Waals surface area contributed by atoms with Gasteiger partial charge in [-0.2, -0.15) is 5.10 Å². The first-order valence-corrected chi connectivity index (χ1v) is 10.0. The van der Waals surface area contributed by atoms with Crippen molar-refractivity contribution in [1.29, 1.82) is 0 Å². The minimum absolute atomic E-state index is 0.868. The van der Waals surface area contributed by atoms with Gasteiger partial charge in [0.05, 0.1) is 25.3 Å². The summed E-state index contributed by atoms with van der Waals surface area (Å²) in [4.78, 5) is 5.06. The van der Waals surface area contributed by atoms with E-state index in [0.717, 1.165) is 70.2 Å². The van der Waals surface area contributed by atoms with E-state index in [1.807, 2.05) is 6.07 Å². The van der Waals surface area contributed by atoms with E-state index in [9.17, 15) is 0 Å². The summed E-state index contributed by atoms with van der Waals surface area (Å²) in [6.07, 6.45) is 8.22. The Morgan fingerprint density at radius 2 is 1.62 bits per heavy atom. The standard InChI is InChI=1S/C24H21N3O2/c1-28-17-11-5-8-14-19-15-9-6-12-18(29-2)22(15)25-23(19)24-21(20(14)17)13-7-3-4-10-16(13)26-27-24/h3-4,7,10-12,26H,5-6,8-9H2,1-2H3. The molecule has 0 unspecified atom stereocenters. The van der Waals surface area contributed by atoms with Crippen LogP contribution in [0.25, 0.3) is 44.2 Å². The predicted molar refractivity (Wildman–Crippen MR) is 116 cm³/mol. The lowest BCUT2D eigenvalue weighted by Gasteiger charge is -2.22. The van der Waals surface area contributed by atoms with Crippen molar-refractivity contribution in [1.82, 2.24) is 15.2 Å². The molecule has 2 heterocycles. The summed E-state index contributed by atoms with van der Waals surface area (Å²) in [5, 5.41) is 11.5. The third-order valence-corrected chi connectivity index (χ3v) is 6.22. The predicted octanol–water partition coefficient (Wildman–Crippen LogP) is 5.13. The van der Waals surface area contributed by atoms with Crippen LogP contribution in [0.1, 0.15) is 35.2 Å². The van der Waals surface area contributed by atoms with Crippen LogP contribution >= 0.6 is 0 Å². The first-order chi connectivity index (χ1) is 14.3. The Kier molecular flexibility index (Phi) is 3.48. The number of allylic oxidation sites excluding steroid dienone is 2. The Hall–Kier alpha value is -3.34. The second-order valence-corrected chi connectivity index (χ2v) is 7.63. The molecule has 0 saturated carbocycles. The van der Waals surface area contributed by atoms with Gasteiger partial charge in [-0.05, 0) is 55.0 Å². The van der Waals surface area contributed by atoms with Crippen molar-refractivity contribution in [2.45, 2.75) is 25.7 Å². The average molecular weight is 383 g/mol. The Balaban J connectivity index is 1.88. The van der Waals surface area contributed by atoms with E-state index in [1.165, 1.54) is 22.1 Å². The molecule has 6 rings (SSSR count). The first-order valence-electron chi connectivity index (χ1n) is 10.0. The highest BCUT2D eigenvalue weighted by Crippen LogP contribution is 2.45. The van der Waals surface area contributed by atoms with Crippen LogP contribution in [0.5, 0.6) is 0 Å². The number of para-hydroxylation sites is 1. The monoisotopic (exact) mass is 383 g/mol. The van der Waals surface area contributed by atoms with Crippen LogP contribution in [0, 0.1) is 0 Å². The summed E-state index contributed by atoms with van der Waals surface area (Å²) < 4.78 is 11.5. The summed E-state index contributed by atoms with van der Waals surface area (Å²) >= 11 is 0. The number of fused-ring (bicyclic) bond motifs is 10. The normalized spacial score (nSPS) is 15.8. The van der Waals surface area contributed by atoms with Gasteiger partial charge in [0.2, 0.25) is 0 Å². The molecule has 1 N–H and O–H groups in total. The molecule has 0 radical (unpaired) electrons. The van der Waals surface area contributed by atoms with Gasteiger partial charge in [0.25, 0.3) is 0 Å². The number of benzene rings is 2. The van der Waals surface area contributed by atoms with Crippen LogP contribution in [0.4, 0.5) is 0 Å². The van der Waals surface area contributed by atoms with Crippen LogP contribution in [-0.4, -0.2) is 29.4 Å². The summed E-state index contributed by atoms with van der Waals surface area (Å²) in [5.74, 6) is 1.80. The fourth-order valence-electron chi connectivity index (χ4n) is 5.02. The van der Waals surface area contributed by atoms with Crippen LogP contribution < -0.4 is 0 Å². The van der Waals surface area contributed by atoms with E-state index in [-0.39, 0.29) is 0 Å².